The van der Waals surface area contributed by atoms with Crippen molar-refractivity contribution in [1.29, 1.82) is 0 Å². The number of rotatable bonds is 7. The zero-order valence-electron chi connectivity index (χ0n) is 17.2. The summed E-state index contributed by atoms with van der Waals surface area (Å²) in [5.74, 6) is -0.983. The van der Waals surface area contributed by atoms with Gasteiger partial charge in [0.05, 0.1) is 28.7 Å². The molecule has 0 saturated heterocycles. The van der Waals surface area contributed by atoms with E-state index in [9.17, 15) is 22.7 Å². The topological polar surface area (TPSA) is 98.0 Å². The molecule has 2 aromatic carbocycles. The van der Waals surface area contributed by atoms with Gasteiger partial charge in [-0.1, -0.05) is 18.2 Å². The first-order valence-corrected chi connectivity index (χ1v) is 12.3. The second-order valence-corrected chi connectivity index (χ2v) is 10.1. The first kappa shape index (κ1) is 22.5. The molecule has 1 N–H and O–H groups in total. The molecular formula is C22H21FN2O5S2. The molecule has 0 amide bonds. The second-order valence-electron chi connectivity index (χ2n) is 7.30. The highest BCUT2D eigenvalue weighted by atomic mass is 32.2. The van der Waals surface area contributed by atoms with Gasteiger partial charge in [0, 0.05) is 23.3 Å². The maximum atomic E-state index is 14.1. The maximum Gasteiger partial charge on any atom is 0.335 e. The molecule has 32 heavy (non-hydrogen) atoms. The summed E-state index contributed by atoms with van der Waals surface area (Å²) < 4.78 is 47.6. The van der Waals surface area contributed by atoms with Crippen molar-refractivity contribution in [3.63, 3.8) is 0 Å². The normalized spacial score (nSPS) is 18.7. The van der Waals surface area contributed by atoms with E-state index < -0.39 is 27.3 Å². The molecule has 1 aliphatic rings. The fourth-order valence-electron chi connectivity index (χ4n) is 3.73. The molecule has 7 nitrogen and oxygen atoms in total. The van der Waals surface area contributed by atoms with Crippen LogP contribution >= 0.6 is 11.8 Å². The van der Waals surface area contributed by atoms with Crippen LogP contribution in [0, 0.1) is 5.82 Å². The summed E-state index contributed by atoms with van der Waals surface area (Å²) >= 11 is 1.22. The number of aliphatic hydroxyl groups excluding tert-OH is 1. The third-order valence-electron chi connectivity index (χ3n) is 5.16. The molecular weight excluding hydrogens is 455 g/mol. The largest absolute Gasteiger partial charge is 0.464 e. The lowest BCUT2D eigenvalue weighted by Gasteiger charge is -2.24. The van der Waals surface area contributed by atoms with E-state index in [1.54, 1.807) is 31.2 Å². The number of aliphatic hydroxyl groups is 1. The third kappa shape index (κ3) is 3.94. The van der Waals surface area contributed by atoms with Gasteiger partial charge in [0.1, 0.15) is 5.82 Å². The van der Waals surface area contributed by atoms with E-state index >= 15 is 0 Å². The van der Waals surface area contributed by atoms with Crippen LogP contribution in [0.4, 0.5) is 4.39 Å². The van der Waals surface area contributed by atoms with Crippen molar-refractivity contribution in [3.8, 4) is 0 Å². The zero-order chi connectivity index (χ0) is 22.9. The first-order chi connectivity index (χ1) is 15.3. The highest BCUT2D eigenvalue weighted by Crippen LogP contribution is 2.35. The van der Waals surface area contributed by atoms with Gasteiger partial charge in [0.25, 0.3) is 10.0 Å². The molecule has 10 heteroatoms. The molecule has 0 spiro atoms. The van der Waals surface area contributed by atoms with Crippen molar-refractivity contribution in [1.82, 2.24) is 3.97 Å². The zero-order valence-corrected chi connectivity index (χ0v) is 18.8. The highest BCUT2D eigenvalue weighted by molar-refractivity contribution is 8.14. The number of fused-ring (bicyclic) bond motifs is 1. The Kier molecular flexibility index (Phi) is 6.11. The first-order valence-electron chi connectivity index (χ1n) is 9.91. The minimum Gasteiger partial charge on any atom is -0.464 e. The highest BCUT2D eigenvalue weighted by Gasteiger charge is 2.45. The summed E-state index contributed by atoms with van der Waals surface area (Å²) in [5, 5.41) is 10.4. The van der Waals surface area contributed by atoms with Gasteiger partial charge >= 0.3 is 5.97 Å². The molecule has 1 aliphatic heterocycles. The van der Waals surface area contributed by atoms with E-state index in [-0.39, 0.29) is 41.5 Å². The SMILES string of the molecule is CCOC(=O)C1(Cc2cc3ccc(F)cc3n2S(=O)(=O)c2ccccc2)CSC(CO)=N1. The molecule has 4 rings (SSSR count). The van der Waals surface area contributed by atoms with Crippen molar-refractivity contribution in [2.75, 3.05) is 19.0 Å². The van der Waals surface area contributed by atoms with Gasteiger partial charge in [-0.2, -0.15) is 0 Å². The summed E-state index contributed by atoms with van der Waals surface area (Å²) in [6, 6.07) is 13.3. The number of hydrogen-bond acceptors (Lipinski definition) is 7. The van der Waals surface area contributed by atoms with E-state index in [1.165, 1.54) is 36.0 Å². The molecule has 0 bridgehead atoms. The van der Waals surface area contributed by atoms with Crippen molar-refractivity contribution >= 4 is 43.7 Å². The Balaban J connectivity index is 1.92. The predicted molar refractivity (Wildman–Crippen MR) is 121 cm³/mol. The van der Waals surface area contributed by atoms with E-state index in [1.807, 2.05) is 0 Å². The molecule has 0 aliphatic carbocycles. The summed E-state index contributed by atoms with van der Waals surface area (Å²) in [4.78, 5) is 17.3. The van der Waals surface area contributed by atoms with E-state index in [0.717, 1.165) is 10.0 Å². The minimum atomic E-state index is -4.10. The fourth-order valence-corrected chi connectivity index (χ4v) is 6.31. The number of esters is 1. The van der Waals surface area contributed by atoms with Crippen LogP contribution in [-0.2, 0) is 26.0 Å². The number of benzene rings is 2. The van der Waals surface area contributed by atoms with Crippen molar-refractivity contribution in [2.24, 2.45) is 4.99 Å². The van der Waals surface area contributed by atoms with Gasteiger partial charge < -0.3 is 9.84 Å². The smallest absolute Gasteiger partial charge is 0.335 e. The molecule has 2 heterocycles. The number of halogens is 1. The van der Waals surface area contributed by atoms with Crippen LogP contribution in [0.5, 0.6) is 0 Å². The lowest BCUT2D eigenvalue weighted by molar-refractivity contribution is -0.148. The van der Waals surface area contributed by atoms with Crippen LogP contribution in [-0.4, -0.2) is 53.0 Å². The molecule has 0 saturated carbocycles. The molecule has 0 radical (unpaired) electrons. The molecule has 1 unspecified atom stereocenters. The monoisotopic (exact) mass is 476 g/mol. The van der Waals surface area contributed by atoms with Crippen molar-refractivity contribution < 1.29 is 27.4 Å². The van der Waals surface area contributed by atoms with Crippen LogP contribution in [0.25, 0.3) is 10.9 Å². The van der Waals surface area contributed by atoms with Crippen LogP contribution in [0.15, 0.2) is 64.5 Å². The van der Waals surface area contributed by atoms with Gasteiger partial charge in [-0.3, -0.25) is 4.99 Å². The van der Waals surface area contributed by atoms with Crippen LogP contribution in [0.3, 0.4) is 0 Å². The van der Waals surface area contributed by atoms with Crippen molar-refractivity contribution in [3.05, 3.63) is 66.1 Å². The Labute approximate surface area is 189 Å². The van der Waals surface area contributed by atoms with E-state index in [4.69, 9.17) is 4.74 Å². The standard InChI is InChI=1S/C22H21FN2O5S2/c1-2-30-21(27)22(14-31-20(13-26)24-22)12-17-10-15-8-9-16(23)11-19(15)25(17)32(28,29)18-6-4-3-5-7-18/h3-11,26H,2,12-14H2,1H3. The van der Waals surface area contributed by atoms with Crippen LogP contribution in [0.2, 0.25) is 0 Å². The minimum absolute atomic E-state index is 0.0357. The lowest BCUT2D eigenvalue weighted by Crippen LogP contribution is -2.42. The summed E-state index contributed by atoms with van der Waals surface area (Å²) in [6.07, 6.45) is -0.0926. The van der Waals surface area contributed by atoms with Gasteiger partial charge in [-0.15, -0.1) is 11.8 Å². The molecule has 1 aromatic heterocycles. The van der Waals surface area contributed by atoms with Gasteiger partial charge in [0.2, 0.25) is 0 Å². The summed E-state index contributed by atoms with van der Waals surface area (Å²) in [6.45, 7) is 1.47. The number of carbonyl (C=O) groups is 1. The average molecular weight is 477 g/mol. The Morgan fingerprint density at radius 2 is 2.00 bits per heavy atom. The Hall–Kier alpha value is -2.69. The number of aliphatic imine (C=N–C) groups is 1. The van der Waals surface area contributed by atoms with Gasteiger partial charge in [0.15, 0.2) is 5.54 Å². The number of nitrogens with zero attached hydrogens (tertiary/aromatic N) is 2. The summed E-state index contributed by atoms with van der Waals surface area (Å²) in [5.41, 5.74) is -0.957. The number of thioether (sulfide) groups is 1. The molecule has 3 aromatic rings. The molecule has 0 fully saturated rings. The van der Waals surface area contributed by atoms with Crippen LogP contribution in [0.1, 0.15) is 12.6 Å². The quantitative estimate of drug-likeness (QED) is 0.527. The van der Waals surface area contributed by atoms with Gasteiger partial charge in [-0.05, 0) is 43.3 Å². The third-order valence-corrected chi connectivity index (χ3v) is 8.11. The average Bonchev–Trinajstić information content (AvgIpc) is 3.36. The van der Waals surface area contributed by atoms with E-state index in [2.05, 4.69) is 4.99 Å². The Morgan fingerprint density at radius 3 is 2.66 bits per heavy atom. The maximum absolute atomic E-state index is 14.1. The Bertz CT molecular complexity index is 1300. The fraction of sp³-hybridized carbons (Fsp3) is 0.273. The number of aromatic nitrogens is 1. The van der Waals surface area contributed by atoms with E-state index in [0.29, 0.717) is 10.4 Å². The number of hydrogen-bond donors (Lipinski definition) is 1. The summed E-state index contributed by atoms with van der Waals surface area (Å²) in [7, 11) is -4.10. The predicted octanol–water partition coefficient (Wildman–Crippen LogP) is 3.00. The number of ether oxygens (including phenoxy) is 1. The molecule has 1 atom stereocenters. The second kappa shape index (κ2) is 8.68. The van der Waals surface area contributed by atoms with Gasteiger partial charge in [-0.25, -0.2) is 21.6 Å². The van der Waals surface area contributed by atoms with Crippen LogP contribution < -0.4 is 0 Å². The lowest BCUT2D eigenvalue weighted by atomic mass is 9.96. The Morgan fingerprint density at radius 1 is 1.25 bits per heavy atom. The van der Waals surface area contributed by atoms with Crippen molar-refractivity contribution in [2.45, 2.75) is 23.8 Å². The molecule has 168 valence electrons. The number of carbonyl (C=O) groups excluding carboxylic acids is 1.